The standard InChI is InChI=1S/C21H24N2O2/c1-21(2,3)22-19(24)16-9-6-10-17(13-16)20(25)23-12-11-15-7-4-5-8-18(15)14-23/h4-10,13H,11-12,14H2,1-3H3,(H,22,24). The minimum absolute atomic E-state index is 0.0279. The molecule has 0 spiro atoms. The van der Waals surface area contributed by atoms with Gasteiger partial charge < -0.3 is 10.2 Å². The van der Waals surface area contributed by atoms with Gasteiger partial charge in [0.05, 0.1) is 0 Å². The summed E-state index contributed by atoms with van der Waals surface area (Å²) < 4.78 is 0. The first-order chi connectivity index (χ1) is 11.8. The highest BCUT2D eigenvalue weighted by molar-refractivity contribution is 6.00. The fraction of sp³-hybridized carbons (Fsp3) is 0.333. The molecule has 0 saturated carbocycles. The van der Waals surface area contributed by atoms with E-state index < -0.39 is 0 Å². The molecule has 2 aromatic rings. The number of nitrogens with one attached hydrogen (secondary N) is 1. The van der Waals surface area contributed by atoms with Crippen LogP contribution in [0.15, 0.2) is 48.5 Å². The third kappa shape index (κ3) is 4.08. The zero-order valence-electron chi connectivity index (χ0n) is 15.0. The quantitative estimate of drug-likeness (QED) is 0.913. The van der Waals surface area contributed by atoms with Gasteiger partial charge in [-0.05, 0) is 56.5 Å². The Bertz CT molecular complexity index is 806. The number of fused-ring (bicyclic) bond motifs is 1. The van der Waals surface area contributed by atoms with Crippen molar-refractivity contribution in [3.8, 4) is 0 Å². The van der Waals surface area contributed by atoms with Gasteiger partial charge in [0.15, 0.2) is 0 Å². The van der Waals surface area contributed by atoms with Crippen LogP contribution in [0.25, 0.3) is 0 Å². The second-order valence-corrected chi connectivity index (χ2v) is 7.53. The van der Waals surface area contributed by atoms with E-state index in [1.807, 2.05) is 37.8 Å². The number of hydrogen-bond acceptors (Lipinski definition) is 2. The van der Waals surface area contributed by atoms with E-state index in [0.717, 1.165) is 6.42 Å². The Kier molecular flexibility index (Phi) is 4.62. The third-order valence-corrected chi connectivity index (χ3v) is 4.28. The fourth-order valence-electron chi connectivity index (χ4n) is 3.06. The fourth-order valence-corrected chi connectivity index (χ4v) is 3.06. The van der Waals surface area contributed by atoms with Crippen LogP contribution in [0.5, 0.6) is 0 Å². The Labute approximate surface area is 148 Å². The predicted molar refractivity (Wildman–Crippen MR) is 98.5 cm³/mol. The molecule has 4 nitrogen and oxygen atoms in total. The Morgan fingerprint density at radius 3 is 2.36 bits per heavy atom. The van der Waals surface area contributed by atoms with Crippen molar-refractivity contribution in [1.82, 2.24) is 10.2 Å². The molecule has 0 unspecified atom stereocenters. The summed E-state index contributed by atoms with van der Waals surface area (Å²) in [6.07, 6.45) is 0.867. The monoisotopic (exact) mass is 336 g/mol. The van der Waals surface area contributed by atoms with Crippen LogP contribution in [0, 0.1) is 0 Å². The zero-order chi connectivity index (χ0) is 18.0. The summed E-state index contributed by atoms with van der Waals surface area (Å²) in [6.45, 7) is 7.13. The van der Waals surface area contributed by atoms with E-state index in [-0.39, 0.29) is 17.4 Å². The van der Waals surface area contributed by atoms with E-state index in [2.05, 4.69) is 17.4 Å². The largest absolute Gasteiger partial charge is 0.347 e. The number of benzene rings is 2. The smallest absolute Gasteiger partial charge is 0.254 e. The van der Waals surface area contributed by atoms with Crippen LogP contribution in [0.3, 0.4) is 0 Å². The first kappa shape index (κ1) is 17.2. The van der Waals surface area contributed by atoms with Crippen LogP contribution < -0.4 is 5.32 Å². The molecular weight excluding hydrogens is 312 g/mol. The number of rotatable bonds is 2. The molecule has 0 radical (unpaired) electrons. The Morgan fingerprint density at radius 2 is 1.64 bits per heavy atom. The van der Waals surface area contributed by atoms with Crippen LogP contribution in [0.4, 0.5) is 0 Å². The van der Waals surface area contributed by atoms with Crippen molar-refractivity contribution in [2.24, 2.45) is 0 Å². The molecule has 0 bridgehead atoms. The van der Waals surface area contributed by atoms with E-state index in [4.69, 9.17) is 0 Å². The lowest BCUT2D eigenvalue weighted by atomic mass is 9.99. The Morgan fingerprint density at radius 1 is 0.960 bits per heavy atom. The number of amides is 2. The summed E-state index contributed by atoms with van der Waals surface area (Å²) in [5.74, 6) is -0.189. The van der Waals surface area contributed by atoms with Crippen molar-refractivity contribution in [1.29, 1.82) is 0 Å². The van der Waals surface area contributed by atoms with Gasteiger partial charge in [0.25, 0.3) is 11.8 Å². The SMILES string of the molecule is CC(C)(C)NC(=O)c1cccc(C(=O)N2CCc3ccccc3C2)c1. The average molecular weight is 336 g/mol. The molecule has 1 heterocycles. The first-order valence-corrected chi connectivity index (χ1v) is 8.62. The summed E-state index contributed by atoms with van der Waals surface area (Å²) in [4.78, 5) is 27.1. The van der Waals surface area contributed by atoms with Crippen LogP contribution in [-0.2, 0) is 13.0 Å². The normalized spacial score (nSPS) is 14.0. The van der Waals surface area contributed by atoms with E-state index in [1.54, 1.807) is 24.3 Å². The van der Waals surface area contributed by atoms with Gasteiger partial charge in [-0.3, -0.25) is 9.59 Å². The summed E-state index contributed by atoms with van der Waals surface area (Å²) in [7, 11) is 0. The average Bonchev–Trinajstić information content (AvgIpc) is 2.59. The Hall–Kier alpha value is -2.62. The summed E-state index contributed by atoms with van der Waals surface area (Å²) in [5, 5.41) is 2.93. The molecule has 1 aliphatic heterocycles. The van der Waals surface area contributed by atoms with Crippen molar-refractivity contribution < 1.29 is 9.59 Å². The molecule has 0 saturated heterocycles. The summed E-state index contributed by atoms with van der Waals surface area (Å²) >= 11 is 0. The highest BCUT2D eigenvalue weighted by Gasteiger charge is 2.22. The maximum atomic E-state index is 12.9. The maximum Gasteiger partial charge on any atom is 0.254 e. The van der Waals surface area contributed by atoms with Crippen molar-refractivity contribution in [2.75, 3.05) is 6.54 Å². The van der Waals surface area contributed by atoms with Gasteiger partial charge in [-0.1, -0.05) is 30.3 Å². The van der Waals surface area contributed by atoms with Gasteiger partial charge in [0, 0.05) is 29.8 Å². The number of nitrogens with zero attached hydrogens (tertiary/aromatic N) is 1. The Balaban J connectivity index is 1.77. The topological polar surface area (TPSA) is 49.4 Å². The minimum Gasteiger partial charge on any atom is -0.347 e. The second-order valence-electron chi connectivity index (χ2n) is 7.53. The highest BCUT2D eigenvalue weighted by atomic mass is 16.2. The number of carbonyl (C=O) groups is 2. The zero-order valence-corrected chi connectivity index (χ0v) is 15.0. The van der Waals surface area contributed by atoms with Crippen LogP contribution in [0.1, 0.15) is 52.6 Å². The highest BCUT2D eigenvalue weighted by Crippen LogP contribution is 2.20. The summed E-state index contributed by atoms with van der Waals surface area (Å²) in [6, 6.07) is 15.2. The van der Waals surface area contributed by atoms with Gasteiger partial charge in [-0.2, -0.15) is 0 Å². The van der Waals surface area contributed by atoms with Gasteiger partial charge in [-0.15, -0.1) is 0 Å². The molecule has 1 N–H and O–H groups in total. The maximum absolute atomic E-state index is 12.9. The lowest BCUT2D eigenvalue weighted by Gasteiger charge is -2.29. The second kappa shape index (κ2) is 6.71. The molecule has 2 amide bonds. The van der Waals surface area contributed by atoms with Gasteiger partial charge in [-0.25, -0.2) is 0 Å². The van der Waals surface area contributed by atoms with E-state index in [0.29, 0.717) is 24.2 Å². The molecule has 0 aromatic heterocycles. The molecule has 0 atom stereocenters. The van der Waals surface area contributed by atoms with Crippen molar-refractivity contribution in [2.45, 2.75) is 39.3 Å². The molecule has 25 heavy (non-hydrogen) atoms. The van der Waals surface area contributed by atoms with E-state index in [9.17, 15) is 9.59 Å². The molecular formula is C21H24N2O2. The van der Waals surface area contributed by atoms with Crippen LogP contribution in [0.2, 0.25) is 0 Å². The first-order valence-electron chi connectivity index (χ1n) is 8.62. The molecule has 4 heteroatoms. The van der Waals surface area contributed by atoms with Crippen LogP contribution in [-0.4, -0.2) is 28.8 Å². The van der Waals surface area contributed by atoms with Gasteiger partial charge in [0.2, 0.25) is 0 Å². The molecule has 0 fully saturated rings. The summed E-state index contributed by atoms with van der Waals surface area (Å²) in [5.41, 5.74) is 3.26. The minimum atomic E-state index is -0.312. The molecule has 3 rings (SSSR count). The van der Waals surface area contributed by atoms with Crippen molar-refractivity contribution in [3.63, 3.8) is 0 Å². The van der Waals surface area contributed by atoms with Crippen molar-refractivity contribution >= 4 is 11.8 Å². The molecule has 2 aromatic carbocycles. The van der Waals surface area contributed by atoms with Gasteiger partial charge >= 0.3 is 0 Å². The third-order valence-electron chi connectivity index (χ3n) is 4.28. The lowest BCUT2D eigenvalue weighted by molar-refractivity contribution is 0.0734. The number of carbonyl (C=O) groups excluding carboxylic acids is 2. The van der Waals surface area contributed by atoms with Crippen molar-refractivity contribution in [3.05, 3.63) is 70.8 Å². The predicted octanol–water partition coefficient (Wildman–Crippen LogP) is 3.41. The van der Waals surface area contributed by atoms with E-state index in [1.165, 1.54) is 11.1 Å². The molecule has 1 aliphatic rings. The molecule has 130 valence electrons. The van der Waals surface area contributed by atoms with E-state index >= 15 is 0 Å². The molecule has 0 aliphatic carbocycles. The number of hydrogen-bond donors (Lipinski definition) is 1. The van der Waals surface area contributed by atoms with Gasteiger partial charge in [0.1, 0.15) is 0 Å². The lowest BCUT2D eigenvalue weighted by Crippen LogP contribution is -2.40. The van der Waals surface area contributed by atoms with Crippen LogP contribution >= 0.6 is 0 Å².